The molecule has 1 aliphatic rings. The zero-order valence-electron chi connectivity index (χ0n) is 11.6. The molecular weight excluding hydrogens is 296 g/mol. The summed E-state index contributed by atoms with van der Waals surface area (Å²) >= 11 is 1.66. The molecule has 20 heavy (non-hydrogen) atoms. The van der Waals surface area contributed by atoms with Gasteiger partial charge in [-0.1, -0.05) is 6.07 Å². The molecule has 2 heterocycles. The van der Waals surface area contributed by atoms with Crippen LogP contribution in [0.3, 0.4) is 0 Å². The lowest BCUT2D eigenvalue weighted by molar-refractivity contribution is -0.132. The SMILES string of the molecule is CCS(=O)(=O)N1CCN(C(=O)CCc2cccs2)CC1. The number of nitrogens with zero attached hydrogens (tertiary/aromatic N) is 2. The third-order valence-electron chi connectivity index (χ3n) is 3.51. The summed E-state index contributed by atoms with van der Waals surface area (Å²) in [5.41, 5.74) is 0. The van der Waals surface area contributed by atoms with Crippen molar-refractivity contribution in [1.29, 1.82) is 0 Å². The van der Waals surface area contributed by atoms with Crippen LogP contribution >= 0.6 is 11.3 Å². The monoisotopic (exact) mass is 316 g/mol. The quantitative estimate of drug-likeness (QED) is 0.819. The molecule has 0 saturated carbocycles. The maximum Gasteiger partial charge on any atom is 0.223 e. The Kier molecular flexibility index (Phi) is 5.17. The number of hydrogen-bond acceptors (Lipinski definition) is 4. The second-order valence-electron chi connectivity index (χ2n) is 4.76. The van der Waals surface area contributed by atoms with Crippen LogP contribution in [0.15, 0.2) is 17.5 Å². The Morgan fingerprint density at radius 1 is 1.30 bits per heavy atom. The Morgan fingerprint density at radius 3 is 2.55 bits per heavy atom. The number of hydrogen-bond donors (Lipinski definition) is 0. The second kappa shape index (κ2) is 6.69. The highest BCUT2D eigenvalue weighted by atomic mass is 32.2. The summed E-state index contributed by atoms with van der Waals surface area (Å²) in [6, 6.07) is 4.02. The average molecular weight is 316 g/mol. The average Bonchev–Trinajstić information content (AvgIpc) is 2.98. The zero-order chi connectivity index (χ0) is 14.6. The topological polar surface area (TPSA) is 57.7 Å². The first-order chi connectivity index (χ1) is 9.53. The Labute approximate surface area is 124 Å². The van der Waals surface area contributed by atoms with Gasteiger partial charge in [0.15, 0.2) is 0 Å². The van der Waals surface area contributed by atoms with E-state index in [0.29, 0.717) is 32.6 Å². The van der Waals surface area contributed by atoms with E-state index >= 15 is 0 Å². The first-order valence-corrected chi connectivity index (χ1v) is 9.30. The Bertz CT molecular complexity index is 532. The lowest BCUT2D eigenvalue weighted by Crippen LogP contribution is -2.50. The fourth-order valence-electron chi connectivity index (χ4n) is 2.24. The molecule has 1 fully saturated rings. The standard InChI is InChI=1S/C13H20N2O3S2/c1-2-20(17,18)15-9-7-14(8-10-15)13(16)6-5-12-4-3-11-19-12/h3-4,11H,2,5-10H2,1H3. The van der Waals surface area contributed by atoms with E-state index in [0.717, 1.165) is 6.42 Å². The van der Waals surface area contributed by atoms with Crippen LogP contribution < -0.4 is 0 Å². The number of sulfonamides is 1. The van der Waals surface area contributed by atoms with E-state index in [1.165, 1.54) is 9.18 Å². The molecule has 0 atom stereocenters. The number of aryl methyl sites for hydroxylation is 1. The Hall–Kier alpha value is -0.920. The van der Waals surface area contributed by atoms with E-state index in [-0.39, 0.29) is 11.7 Å². The van der Waals surface area contributed by atoms with Crippen LogP contribution in [0.1, 0.15) is 18.2 Å². The summed E-state index contributed by atoms with van der Waals surface area (Å²) < 4.78 is 25.0. The van der Waals surface area contributed by atoms with Gasteiger partial charge >= 0.3 is 0 Å². The zero-order valence-corrected chi connectivity index (χ0v) is 13.3. The van der Waals surface area contributed by atoms with Gasteiger partial charge in [0, 0.05) is 37.5 Å². The molecule has 7 heteroatoms. The first-order valence-electron chi connectivity index (χ1n) is 6.81. The van der Waals surface area contributed by atoms with Gasteiger partial charge in [-0.3, -0.25) is 4.79 Å². The lowest BCUT2D eigenvalue weighted by Gasteiger charge is -2.33. The summed E-state index contributed by atoms with van der Waals surface area (Å²) in [6.45, 7) is 3.49. The molecule has 0 aromatic carbocycles. The molecule has 1 aliphatic heterocycles. The van der Waals surface area contributed by atoms with Crippen molar-refractivity contribution in [3.8, 4) is 0 Å². The van der Waals surface area contributed by atoms with E-state index in [1.807, 2.05) is 17.5 Å². The summed E-state index contributed by atoms with van der Waals surface area (Å²) in [4.78, 5) is 15.1. The molecule has 0 unspecified atom stereocenters. The molecular formula is C13H20N2O3S2. The van der Waals surface area contributed by atoms with E-state index < -0.39 is 10.0 Å². The predicted octanol–water partition coefficient (Wildman–Crippen LogP) is 1.17. The fraction of sp³-hybridized carbons (Fsp3) is 0.615. The van der Waals surface area contributed by atoms with Gasteiger partial charge < -0.3 is 4.90 Å². The molecule has 0 spiro atoms. The van der Waals surface area contributed by atoms with E-state index in [1.54, 1.807) is 23.2 Å². The van der Waals surface area contributed by atoms with Crippen molar-refractivity contribution >= 4 is 27.3 Å². The molecule has 112 valence electrons. The highest BCUT2D eigenvalue weighted by Crippen LogP contribution is 2.13. The predicted molar refractivity (Wildman–Crippen MR) is 80.3 cm³/mol. The van der Waals surface area contributed by atoms with E-state index in [9.17, 15) is 13.2 Å². The minimum atomic E-state index is -3.12. The molecule has 1 saturated heterocycles. The van der Waals surface area contributed by atoms with Crippen LogP contribution in [0.4, 0.5) is 0 Å². The van der Waals surface area contributed by atoms with Gasteiger partial charge in [0.25, 0.3) is 0 Å². The molecule has 1 aromatic heterocycles. The van der Waals surface area contributed by atoms with Gasteiger partial charge in [-0.2, -0.15) is 4.31 Å². The van der Waals surface area contributed by atoms with Crippen molar-refractivity contribution in [3.05, 3.63) is 22.4 Å². The number of thiophene rings is 1. The van der Waals surface area contributed by atoms with Crippen LogP contribution in [0.2, 0.25) is 0 Å². The largest absolute Gasteiger partial charge is 0.340 e. The molecule has 0 bridgehead atoms. The normalized spacial score (nSPS) is 17.4. The Morgan fingerprint density at radius 2 is 2.00 bits per heavy atom. The first kappa shape index (κ1) is 15.5. The minimum Gasteiger partial charge on any atom is -0.340 e. The van der Waals surface area contributed by atoms with Crippen molar-refractivity contribution in [2.24, 2.45) is 0 Å². The van der Waals surface area contributed by atoms with Crippen molar-refractivity contribution in [3.63, 3.8) is 0 Å². The number of carbonyl (C=O) groups is 1. The van der Waals surface area contributed by atoms with Crippen molar-refractivity contribution in [2.75, 3.05) is 31.9 Å². The van der Waals surface area contributed by atoms with Crippen LogP contribution in [0.5, 0.6) is 0 Å². The molecule has 0 N–H and O–H groups in total. The van der Waals surface area contributed by atoms with Gasteiger partial charge in [0.2, 0.25) is 15.9 Å². The molecule has 1 amide bonds. The maximum absolute atomic E-state index is 12.1. The number of rotatable bonds is 5. The third kappa shape index (κ3) is 3.80. The fourth-order valence-corrected chi connectivity index (χ4v) is 4.04. The number of carbonyl (C=O) groups excluding carboxylic acids is 1. The molecule has 0 radical (unpaired) electrons. The van der Waals surface area contributed by atoms with E-state index in [2.05, 4.69) is 0 Å². The van der Waals surface area contributed by atoms with Crippen LogP contribution in [0, 0.1) is 0 Å². The summed E-state index contributed by atoms with van der Waals surface area (Å²) in [5, 5.41) is 2.01. The summed E-state index contributed by atoms with van der Waals surface area (Å²) in [5.74, 6) is 0.242. The van der Waals surface area contributed by atoms with Crippen molar-refractivity contribution in [2.45, 2.75) is 19.8 Å². The van der Waals surface area contributed by atoms with Gasteiger partial charge in [0.05, 0.1) is 5.75 Å². The minimum absolute atomic E-state index is 0.118. The van der Waals surface area contributed by atoms with Crippen LogP contribution in [0.25, 0.3) is 0 Å². The van der Waals surface area contributed by atoms with Crippen molar-refractivity contribution in [1.82, 2.24) is 9.21 Å². The summed E-state index contributed by atoms with van der Waals surface area (Å²) in [7, 11) is -3.12. The maximum atomic E-state index is 12.1. The van der Waals surface area contributed by atoms with Gasteiger partial charge in [-0.15, -0.1) is 11.3 Å². The van der Waals surface area contributed by atoms with Gasteiger partial charge in [-0.05, 0) is 24.8 Å². The third-order valence-corrected chi connectivity index (χ3v) is 6.33. The Balaban J connectivity index is 1.80. The van der Waals surface area contributed by atoms with E-state index in [4.69, 9.17) is 0 Å². The highest BCUT2D eigenvalue weighted by Gasteiger charge is 2.27. The van der Waals surface area contributed by atoms with Gasteiger partial charge in [0.1, 0.15) is 0 Å². The molecule has 0 aliphatic carbocycles. The summed E-state index contributed by atoms with van der Waals surface area (Å²) in [6.07, 6.45) is 1.27. The lowest BCUT2D eigenvalue weighted by atomic mass is 10.2. The second-order valence-corrected chi connectivity index (χ2v) is 8.05. The molecule has 1 aromatic rings. The van der Waals surface area contributed by atoms with Crippen LogP contribution in [-0.4, -0.2) is 55.5 Å². The number of piperazine rings is 1. The van der Waals surface area contributed by atoms with Gasteiger partial charge in [-0.25, -0.2) is 8.42 Å². The van der Waals surface area contributed by atoms with Crippen LogP contribution in [-0.2, 0) is 21.2 Å². The highest BCUT2D eigenvalue weighted by molar-refractivity contribution is 7.89. The smallest absolute Gasteiger partial charge is 0.223 e. The van der Waals surface area contributed by atoms with Crippen molar-refractivity contribution < 1.29 is 13.2 Å². The molecule has 2 rings (SSSR count). The molecule has 5 nitrogen and oxygen atoms in total. The number of amides is 1.